The number of phenolic OH excluding ortho intramolecular Hbond substituents is 1. The Bertz CT molecular complexity index is 615. The number of esters is 1. The number of aromatic hydroxyl groups is 1. The Morgan fingerprint density at radius 2 is 2.12 bits per heavy atom. The van der Waals surface area contributed by atoms with Crippen LogP contribution in [0.1, 0.15) is 10.5 Å². The molecule has 16 heavy (non-hydrogen) atoms. The number of H-pyrrole nitrogens is 1. The highest BCUT2D eigenvalue weighted by Gasteiger charge is 2.09. The number of aromatic amines is 1. The van der Waals surface area contributed by atoms with Crippen molar-refractivity contribution in [2.45, 2.75) is 0 Å². The fraction of sp³-hybridized carbons (Fsp3) is 0.0909. The average molecular weight is 219 g/mol. The molecule has 2 N–H and O–H groups in total. The Hall–Kier alpha value is -2.30. The largest absolute Gasteiger partial charge is 0.508 e. The summed E-state index contributed by atoms with van der Waals surface area (Å²) in [6.07, 6.45) is 0. The van der Waals surface area contributed by atoms with Crippen molar-refractivity contribution in [1.82, 2.24) is 4.98 Å². The molecule has 0 aliphatic heterocycles. The molecule has 2 aromatic rings. The molecule has 0 bridgehead atoms. The number of nitrogens with one attached hydrogen (secondary N) is 1. The van der Waals surface area contributed by atoms with Gasteiger partial charge in [0.2, 0.25) is 0 Å². The number of benzene rings is 1. The number of phenols is 1. The van der Waals surface area contributed by atoms with Crippen molar-refractivity contribution in [2.24, 2.45) is 0 Å². The van der Waals surface area contributed by atoms with Gasteiger partial charge < -0.3 is 14.8 Å². The van der Waals surface area contributed by atoms with E-state index in [0.29, 0.717) is 10.9 Å². The number of hydrogen-bond acceptors (Lipinski definition) is 4. The monoisotopic (exact) mass is 219 g/mol. The summed E-state index contributed by atoms with van der Waals surface area (Å²) < 4.78 is 4.51. The fourth-order valence-corrected chi connectivity index (χ4v) is 1.46. The smallest absolute Gasteiger partial charge is 0.354 e. The third kappa shape index (κ3) is 1.63. The van der Waals surface area contributed by atoms with Gasteiger partial charge in [-0.1, -0.05) is 0 Å². The Morgan fingerprint density at radius 3 is 2.81 bits per heavy atom. The molecule has 1 aromatic heterocycles. The van der Waals surface area contributed by atoms with Gasteiger partial charge in [-0.15, -0.1) is 0 Å². The predicted molar refractivity (Wildman–Crippen MR) is 57.6 cm³/mol. The molecule has 0 fully saturated rings. The first-order valence-electron chi connectivity index (χ1n) is 4.56. The molecule has 0 amide bonds. The first-order chi connectivity index (χ1) is 7.61. The Kier molecular flexibility index (Phi) is 2.36. The number of carbonyl (C=O) groups is 1. The molecule has 1 aromatic carbocycles. The summed E-state index contributed by atoms with van der Waals surface area (Å²) in [6.45, 7) is 0. The number of aromatic nitrogens is 1. The molecule has 0 saturated carbocycles. The highest BCUT2D eigenvalue weighted by molar-refractivity contribution is 5.91. The number of methoxy groups -OCH3 is 1. The van der Waals surface area contributed by atoms with Crippen LogP contribution in [0, 0.1) is 0 Å². The maximum absolute atomic E-state index is 11.6. The van der Waals surface area contributed by atoms with E-state index < -0.39 is 5.97 Å². The highest BCUT2D eigenvalue weighted by Crippen LogP contribution is 2.15. The molecule has 5 heteroatoms. The topological polar surface area (TPSA) is 79.4 Å². The molecule has 0 radical (unpaired) electrons. The lowest BCUT2D eigenvalue weighted by molar-refractivity contribution is 0.0594. The quantitative estimate of drug-likeness (QED) is 0.702. The van der Waals surface area contributed by atoms with Crippen LogP contribution in [0.2, 0.25) is 0 Å². The summed E-state index contributed by atoms with van der Waals surface area (Å²) in [5.41, 5.74) is 0.224. The van der Waals surface area contributed by atoms with E-state index in [4.69, 9.17) is 0 Å². The number of fused-ring (bicyclic) bond motifs is 1. The zero-order chi connectivity index (χ0) is 11.7. The van der Waals surface area contributed by atoms with E-state index in [1.807, 2.05) is 0 Å². The number of hydrogen-bond donors (Lipinski definition) is 2. The van der Waals surface area contributed by atoms with Gasteiger partial charge in [0.15, 0.2) is 5.43 Å². The molecular weight excluding hydrogens is 210 g/mol. The van der Waals surface area contributed by atoms with Gasteiger partial charge in [-0.2, -0.15) is 0 Å². The van der Waals surface area contributed by atoms with Gasteiger partial charge in [0.1, 0.15) is 11.4 Å². The minimum Gasteiger partial charge on any atom is -0.508 e. The third-order valence-electron chi connectivity index (χ3n) is 2.22. The highest BCUT2D eigenvalue weighted by atomic mass is 16.5. The van der Waals surface area contributed by atoms with Gasteiger partial charge >= 0.3 is 5.97 Å². The minimum absolute atomic E-state index is 0.00354. The van der Waals surface area contributed by atoms with E-state index in [1.165, 1.54) is 25.3 Å². The molecule has 0 aliphatic carbocycles. The predicted octanol–water partition coefficient (Wildman–Crippen LogP) is 1.02. The van der Waals surface area contributed by atoms with E-state index in [-0.39, 0.29) is 16.9 Å². The van der Waals surface area contributed by atoms with Crippen molar-refractivity contribution < 1.29 is 14.6 Å². The SMILES string of the molecule is COC(=O)c1cc(=O)c2cc(O)ccc2[nH]1. The van der Waals surface area contributed by atoms with Crippen LogP contribution in [-0.4, -0.2) is 23.2 Å². The number of pyridine rings is 1. The van der Waals surface area contributed by atoms with Crippen molar-refractivity contribution in [2.75, 3.05) is 7.11 Å². The third-order valence-corrected chi connectivity index (χ3v) is 2.22. The standard InChI is InChI=1S/C11H9NO4/c1-16-11(15)9-5-10(14)7-4-6(13)2-3-8(7)12-9/h2-5,13H,1H3,(H,12,14). The lowest BCUT2D eigenvalue weighted by Gasteiger charge is -2.02. The van der Waals surface area contributed by atoms with Gasteiger partial charge in [-0.05, 0) is 18.2 Å². The molecule has 0 spiro atoms. The summed E-state index contributed by atoms with van der Waals surface area (Å²) in [5, 5.41) is 9.56. The molecule has 0 atom stereocenters. The maximum Gasteiger partial charge on any atom is 0.354 e. The number of rotatable bonds is 1. The molecule has 2 rings (SSSR count). The summed E-state index contributed by atoms with van der Waals surface area (Å²) >= 11 is 0. The summed E-state index contributed by atoms with van der Waals surface area (Å²) in [5.74, 6) is -0.601. The van der Waals surface area contributed by atoms with Gasteiger partial charge in [0.25, 0.3) is 0 Å². The normalized spacial score (nSPS) is 10.3. The van der Waals surface area contributed by atoms with E-state index in [1.54, 1.807) is 0 Å². The molecule has 1 heterocycles. The molecule has 0 saturated heterocycles. The van der Waals surface area contributed by atoms with Crippen LogP contribution in [0.5, 0.6) is 5.75 Å². The van der Waals surface area contributed by atoms with Gasteiger partial charge in [0, 0.05) is 11.5 Å². The zero-order valence-electron chi connectivity index (χ0n) is 8.48. The van der Waals surface area contributed by atoms with Crippen LogP contribution < -0.4 is 5.43 Å². The lowest BCUT2D eigenvalue weighted by atomic mass is 10.2. The van der Waals surface area contributed by atoms with Gasteiger partial charge in [-0.3, -0.25) is 4.79 Å². The first kappa shape index (κ1) is 10.2. The molecule has 0 aliphatic rings. The van der Waals surface area contributed by atoms with Crippen molar-refractivity contribution in [3.63, 3.8) is 0 Å². The van der Waals surface area contributed by atoms with Crippen LogP contribution in [0.4, 0.5) is 0 Å². The molecule has 5 nitrogen and oxygen atoms in total. The van der Waals surface area contributed by atoms with Crippen molar-refractivity contribution in [3.05, 3.63) is 40.2 Å². The van der Waals surface area contributed by atoms with Crippen molar-refractivity contribution in [1.29, 1.82) is 0 Å². The number of ether oxygens (including phenoxy) is 1. The van der Waals surface area contributed by atoms with Crippen LogP contribution in [0.25, 0.3) is 10.9 Å². The first-order valence-corrected chi connectivity index (χ1v) is 4.56. The second-order valence-corrected chi connectivity index (χ2v) is 3.27. The Morgan fingerprint density at radius 1 is 1.38 bits per heavy atom. The van der Waals surface area contributed by atoms with Crippen LogP contribution in [0.3, 0.4) is 0 Å². The van der Waals surface area contributed by atoms with Gasteiger partial charge in [-0.25, -0.2) is 4.79 Å². The van der Waals surface area contributed by atoms with Crippen molar-refractivity contribution >= 4 is 16.9 Å². The number of carbonyl (C=O) groups excluding carboxylic acids is 1. The fourth-order valence-electron chi connectivity index (χ4n) is 1.46. The Labute approximate surface area is 90.3 Å². The molecule has 0 unspecified atom stereocenters. The van der Waals surface area contributed by atoms with E-state index in [2.05, 4.69) is 9.72 Å². The molecular formula is C11H9NO4. The second-order valence-electron chi connectivity index (χ2n) is 3.27. The molecule has 82 valence electrons. The lowest BCUT2D eigenvalue weighted by Crippen LogP contribution is -2.11. The minimum atomic E-state index is -0.605. The van der Waals surface area contributed by atoms with Crippen molar-refractivity contribution in [3.8, 4) is 5.75 Å². The summed E-state index contributed by atoms with van der Waals surface area (Å²) in [6, 6.07) is 5.45. The average Bonchev–Trinajstić information content (AvgIpc) is 2.28. The maximum atomic E-state index is 11.6. The van der Waals surface area contributed by atoms with E-state index >= 15 is 0 Å². The van der Waals surface area contributed by atoms with Crippen LogP contribution in [0.15, 0.2) is 29.1 Å². The zero-order valence-corrected chi connectivity index (χ0v) is 8.48. The Balaban J connectivity index is 2.73. The van der Waals surface area contributed by atoms with Gasteiger partial charge in [0.05, 0.1) is 12.6 Å². The van der Waals surface area contributed by atoms with Crippen LogP contribution in [-0.2, 0) is 4.74 Å². The van der Waals surface area contributed by atoms with E-state index in [9.17, 15) is 14.7 Å². The van der Waals surface area contributed by atoms with Crippen LogP contribution >= 0.6 is 0 Å². The summed E-state index contributed by atoms with van der Waals surface area (Å²) in [4.78, 5) is 25.6. The summed E-state index contributed by atoms with van der Waals surface area (Å²) in [7, 11) is 1.24. The van der Waals surface area contributed by atoms with E-state index in [0.717, 1.165) is 6.07 Å². The second kappa shape index (κ2) is 3.69.